The van der Waals surface area contributed by atoms with Crippen LogP contribution in [0.5, 0.6) is 0 Å². The molecule has 1 aromatic rings. The van der Waals surface area contributed by atoms with Crippen molar-refractivity contribution >= 4 is 17.5 Å². The number of anilines is 1. The van der Waals surface area contributed by atoms with Gasteiger partial charge in [0.2, 0.25) is 11.8 Å². The van der Waals surface area contributed by atoms with Crippen LogP contribution in [-0.2, 0) is 16.0 Å². The molecule has 0 saturated heterocycles. The molecular weight excluding hydrogens is 264 g/mol. The molecule has 2 rings (SSSR count). The van der Waals surface area contributed by atoms with E-state index in [1.807, 2.05) is 24.3 Å². The van der Waals surface area contributed by atoms with E-state index in [1.54, 1.807) is 0 Å². The second-order valence-electron chi connectivity index (χ2n) is 5.99. The summed E-state index contributed by atoms with van der Waals surface area (Å²) in [7, 11) is 0. The van der Waals surface area contributed by atoms with Gasteiger partial charge in [-0.2, -0.15) is 0 Å². The molecule has 1 aliphatic rings. The van der Waals surface area contributed by atoms with Gasteiger partial charge in [-0.15, -0.1) is 0 Å². The van der Waals surface area contributed by atoms with Gasteiger partial charge in [-0.1, -0.05) is 31.9 Å². The molecule has 2 N–H and O–H groups in total. The zero-order chi connectivity index (χ0) is 15.2. The molecule has 0 radical (unpaired) electrons. The van der Waals surface area contributed by atoms with Gasteiger partial charge >= 0.3 is 0 Å². The van der Waals surface area contributed by atoms with Crippen LogP contribution in [0.15, 0.2) is 24.3 Å². The number of amides is 2. The van der Waals surface area contributed by atoms with Crippen molar-refractivity contribution in [2.24, 2.45) is 5.92 Å². The van der Waals surface area contributed by atoms with E-state index in [-0.39, 0.29) is 11.8 Å². The predicted molar refractivity (Wildman–Crippen MR) is 84.0 cm³/mol. The molecule has 21 heavy (non-hydrogen) atoms. The van der Waals surface area contributed by atoms with Crippen LogP contribution < -0.4 is 10.6 Å². The predicted octanol–water partition coefficient (Wildman–Crippen LogP) is 2.88. The lowest BCUT2D eigenvalue weighted by atomic mass is 9.86. The van der Waals surface area contributed by atoms with E-state index in [2.05, 4.69) is 17.6 Å². The summed E-state index contributed by atoms with van der Waals surface area (Å²) >= 11 is 0. The first-order chi connectivity index (χ1) is 10.0. The van der Waals surface area contributed by atoms with Gasteiger partial charge in [0, 0.05) is 18.7 Å². The van der Waals surface area contributed by atoms with Crippen molar-refractivity contribution in [3.8, 4) is 0 Å². The van der Waals surface area contributed by atoms with E-state index in [9.17, 15) is 9.59 Å². The summed E-state index contributed by atoms with van der Waals surface area (Å²) in [6.07, 6.45) is 5.17. The second kappa shape index (κ2) is 7.25. The fraction of sp³-hybridized carbons (Fsp3) is 0.529. The summed E-state index contributed by atoms with van der Waals surface area (Å²) in [4.78, 5) is 23.1. The molecule has 0 bridgehead atoms. The number of hydrogen-bond donors (Lipinski definition) is 2. The third kappa shape index (κ3) is 4.88. The van der Waals surface area contributed by atoms with Gasteiger partial charge in [0.05, 0.1) is 6.42 Å². The van der Waals surface area contributed by atoms with E-state index >= 15 is 0 Å². The highest BCUT2D eigenvalue weighted by Gasteiger charge is 2.22. The van der Waals surface area contributed by atoms with Gasteiger partial charge < -0.3 is 10.6 Å². The van der Waals surface area contributed by atoms with E-state index in [0.29, 0.717) is 18.4 Å². The minimum atomic E-state index is -0.0909. The maximum atomic E-state index is 12.1. The summed E-state index contributed by atoms with van der Waals surface area (Å²) in [5.74, 6) is 0.567. The molecule has 114 valence electrons. The molecular formula is C17H24N2O2. The molecule has 0 aromatic heterocycles. The Morgan fingerprint density at radius 1 is 1.14 bits per heavy atom. The average molecular weight is 288 g/mol. The van der Waals surface area contributed by atoms with Gasteiger partial charge in [0.1, 0.15) is 0 Å². The molecule has 1 saturated carbocycles. The van der Waals surface area contributed by atoms with Crippen molar-refractivity contribution in [2.75, 3.05) is 5.32 Å². The lowest BCUT2D eigenvalue weighted by Gasteiger charge is -2.29. The molecule has 1 aliphatic carbocycles. The molecule has 4 nitrogen and oxygen atoms in total. The number of nitrogens with one attached hydrogen (secondary N) is 2. The molecule has 0 heterocycles. The van der Waals surface area contributed by atoms with Gasteiger partial charge in [0.15, 0.2) is 0 Å². The lowest BCUT2D eigenvalue weighted by Crippen LogP contribution is -2.41. The van der Waals surface area contributed by atoms with Gasteiger partial charge in [-0.25, -0.2) is 0 Å². The molecule has 1 aromatic carbocycles. The zero-order valence-corrected chi connectivity index (χ0v) is 12.8. The minimum Gasteiger partial charge on any atom is -0.353 e. The summed E-state index contributed by atoms with van der Waals surface area (Å²) in [6, 6.07) is 7.75. The van der Waals surface area contributed by atoms with Crippen LogP contribution in [-0.4, -0.2) is 17.9 Å². The quantitative estimate of drug-likeness (QED) is 0.895. The van der Waals surface area contributed by atoms with Gasteiger partial charge in [-0.05, 0) is 36.5 Å². The third-order valence-corrected chi connectivity index (χ3v) is 4.10. The molecule has 4 heteroatoms. The number of carbonyl (C=O) groups is 2. The lowest BCUT2D eigenvalue weighted by molar-refractivity contribution is -0.121. The van der Waals surface area contributed by atoms with Crippen molar-refractivity contribution in [3.05, 3.63) is 29.8 Å². The summed E-state index contributed by atoms with van der Waals surface area (Å²) < 4.78 is 0. The first kappa shape index (κ1) is 15.5. The van der Waals surface area contributed by atoms with Crippen molar-refractivity contribution in [2.45, 2.75) is 52.0 Å². The number of carbonyl (C=O) groups excluding carboxylic acids is 2. The first-order valence-corrected chi connectivity index (χ1v) is 7.70. The van der Waals surface area contributed by atoms with Gasteiger partial charge in [-0.3, -0.25) is 9.59 Å². The largest absolute Gasteiger partial charge is 0.353 e. The Morgan fingerprint density at radius 2 is 1.81 bits per heavy atom. The Kier molecular flexibility index (Phi) is 5.37. The van der Waals surface area contributed by atoms with Gasteiger partial charge in [0.25, 0.3) is 0 Å². The Morgan fingerprint density at radius 3 is 2.43 bits per heavy atom. The molecule has 2 amide bonds. The highest BCUT2D eigenvalue weighted by Crippen LogP contribution is 2.23. The monoisotopic (exact) mass is 288 g/mol. The highest BCUT2D eigenvalue weighted by atomic mass is 16.2. The normalized spacial score (nSPS) is 21.6. The SMILES string of the molecule is CC(=O)Nc1ccc(CC(=O)N[C@H]2CCCC[C@H]2C)cc1. The Hall–Kier alpha value is -1.84. The Bertz CT molecular complexity index is 496. The van der Waals surface area contributed by atoms with E-state index < -0.39 is 0 Å². The molecule has 1 fully saturated rings. The maximum absolute atomic E-state index is 12.1. The van der Waals surface area contributed by atoms with E-state index in [0.717, 1.165) is 17.7 Å². The van der Waals surface area contributed by atoms with Crippen LogP contribution >= 0.6 is 0 Å². The molecule has 0 unspecified atom stereocenters. The highest BCUT2D eigenvalue weighted by molar-refractivity contribution is 5.88. The Labute approximate surface area is 126 Å². The van der Waals surface area contributed by atoms with Crippen LogP contribution in [0.25, 0.3) is 0 Å². The van der Waals surface area contributed by atoms with Crippen LogP contribution in [0.4, 0.5) is 5.69 Å². The number of rotatable bonds is 4. The van der Waals surface area contributed by atoms with E-state index in [1.165, 1.54) is 26.2 Å². The topological polar surface area (TPSA) is 58.2 Å². The summed E-state index contributed by atoms with van der Waals surface area (Å²) in [5, 5.41) is 5.87. The molecule has 0 aliphatic heterocycles. The van der Waals surface area contributed by atoms with Crippen molar-refractivity contribution in [1.29, 1.82) is 0 Å². The minimum absolute atomic E-state index is 0.0843. The van der Waals surface area contributed by atoms with Crippen LogP contribution in [0.3, 0.4) is 0 Å². The summed E-state index contributed by atoms with van der Waals surface area (Å²) in [5.41, 5.74) is 1.72. The Balaban J connectivity index is 1.85. The second-order valence-corrected chi connectivity index (χ2v) is 5.99. The van der Waals surface area contributed by atoms with Crippen LogP contribution in [0.1, 0.15) is 45.1 Å². The average Bonchev–Trinajstić information content (AvgIpc) is 2.43. The maximum Gasteiger partial charge on any atom is 0.224 e. The molecule has 0 spiro atoms. The van der Waals surface area contributed by atoms with Crippen molar-refractivity contribution < 1.29 is 9.59 Å². The van der Waals surface area contributed by atoms with Crippen LogP contribution in [0, 0.1) is 5.92 Å². The third-order valence-electron chi connectivity index (χ3n) is 4.10. The standard InChI is InChI=1S/C17H24N2O2/c1-12-5-3-4-6-16(12)19-17(21)11-14-7-9-15(10-8-14)18-13(2)20/h7-10,12,16H,3-6,11H2,1-2H3,(H,18,20)(H,19,21)/t12-,16+/m1/s1. The number of benzene rings is 1. The first-order valence-electron chi connectivity index (χ1n) is 7.70. The zero-order valence-electron chi connectivity index (χ0n) is 12.8. The smallest absolute Gasteiger partial charge is 0.224 e. The summed E-state index contributed by atoms with van der Waals surface area (Å²) in [6.45, 7) is 3.69. The van der Waals surface area contributed by atoms with Crippen molar-refractivity contribution in [3.63, 3.8) is 0 Å². The fourth-order valence-corrected chi connectivity index (χ4v) is 2.88. The fourth-order valence-electron chi connectivity index (χ4n) is 2.88. The van der Waals surface area contributed by atoms with E-state index in [4.69, 9.17) is 0 Å². The van der Waals surface area contributed by atoms with Crippen molar-refractivity contribution in [1.82, 2.24) is 5.32 Å². The van der Waals surface area contributed by atoms with Crippen LogP contribution in [0.2, 0.25) is 0 Å². The molecule has 2 atom stereocenters. The number of hydrogen-bond acceptors (Lipinski definition) is 2.